The first kappa shape index (κ1) is 11.0. The van der Waals surface area contributed by atoms with Crippen LogP contribution in [0.2, 0.25) is 0 Å². The van der Waals surface area contributed by atoms with Gasteiger partial charge in [-0.3, -0.25) is 0 Å². The molecular formula is C4H11O6P. The normalized spacial score (nSPS) is 18.5. The van der Waals surface area contributed by atoms with E-state index in [9.17, 15) is 0 Å². The number of hydrogen-bond donors (Lipinski definition) is 3. The van der Waals surface area contributed by atoms with Gasteiger partial charge in [0.1, 0.15) is 0 Å². The van der Waals surface area contributed by atoms with Crippen molar-refractivity contribution in [3.8, 4) is 0 Å². The minimum absolute atomic E-state index is 0.778. The molecule has 0 aromatic heterocycles. The second-order valence-electron chi connectivity index (χ2n) is 1.74. The molecule has 0 amide bonds. The van der Waals surface area contributed by atoms with Crippen LogP contribution in [0.4, 0.5) is 0 Å². The zero-order valence-electron chi connectivity index (χ0n) is 5.84. The highest BCUT2D eigenvalue weighted by Crippen LogP contribution is 2.25. The Labute approximate surface area is 64.0 Å². The molecule has 0 aromatic rings. The number of rotatable bonds is 0. The van der Waals surface area contributed by atoms with Gasteiger partial charge in [-0.2, -0.15) is 0 Å². The second kappa shape index (κ2) is 5.65. The maximum atomic E-state index is 8.88. The SMILES string of the molecule is C1COCCO1.O=P(O)(O)O. The van der Waals surface area contributed by atoms with E-state index in [1.165, 1.54) is 0 Å². The van der Waals surface area contributed by atoms with Gasteiger partial charge in [-0.05, 0) is 0 Å². The van der Waals surface area contributed by atoms with Gasteiger partial charge in [0.05, 0.1) is 26.4 Å². The molecule has 7 heteroatoms. The number of phosphoric acid groups is 1. The monoisotopic (exact) mass is 186 g/mol. The molecule has 0 spiro atoms. The first-order valence-electron chi connectivity index (χ1n) is 2.94. The van der Waals surface area contributed by atoms with Crippen molar-refractivity contribution in [2.45, 2.75) is 0 Å². The third kappa shape index (κ3) is 17.8. The zero-order valence-corrected chi connectivity index (χ0v) is 6.74. The fourth-order valence-corrected chi connectivity index (χ4v) is 0.440. The number of hydrogen-bond acceptors (Lipinski definition) is 3. The van der Waals surface area contributed by atoms with E-state index in [4.69, 9.17) is 28.7 Å². The summed E-state index contributed by atoms with van der Waals surface area (Å²) in [6.07, 6.45) is 0. The first-order chi connectivity index (χ1) is 5.00. The molecule has 0 radical (unpaired) electrons. The third-order valence-electron chi connectivity index (χ3n) is 0.744. The van der Waals surface area contributed by atoms with Crippen molar-refractivity contribution in [2.24, 2.45) is 0 Å². The predicted octanol–water partition coefficient (Wildman–Crippen LogP) is -0.895. The minimum atomic E-state index is -4.64. The average Bonchev–Trinajstić information content (AvgIpc) is 1.88. The van der Waals surface area contributed by atoms with Gasteiger partial charge >= 0.3 is 7.82 Å². The fourth-order valence-electron chi connectivity index (χ4n) is 0.440. The molecule has 1 aliphatic heterocycles. The molecule has 0 bridgehead atoms. The van der Waals surface area contributed by atoms with Gasteiger partial charge in [0, 0.05) is 0 Å². The van der Waals surface area contributed by atoms with E-state index in [1.54, 1.807) is 0 Å². The molecule has 0 unspecified atom stereocenters. The van der Waals surface area contributed by atoms with Crippen molar-refractivity contribution < 1.29 is 28.7 Å². The molecule has 1 fully saturated rings. The summed E-state index contributed by atoms with van der Waals surface area (Å²) in [7, 11) is -4.64. The molecule has 1 saturated heterocycles. The molecule has 0 saturated carbocycles. The van der Waals surface area contributed by atoms with Crippen molar-refractivity contribution >= 4 is 7.82 Å². The van der Waals surface area contributed by atoms with Crippen LogP contribution in [0, 0.1) is 0 Å². The van der Waals surface area contributed by atoms with Crippen molar-refractivity contribution in [1.29, 1.82) is 0 Å². The van der Waals surface area contributed by atoms with Crippen LogP contribution >= 0.6 is 7.82 Å². The predicted molar refractivity (Wildman–Crippen MR) is 35.9 cm³/mol. The van der Waals surface area contributed by atoms with Crippen molar-refractivity contribution in [3.63, 3.8) is 0 Å². The molecular weight excluding hydrogens is 175 g/mol. The summed E-state index contributed by atoms with van der Waals surface area (Å²) in [5.41, 5.74) is 0. The lowest BCUT2D eigenvalue weighted by Crippen LogP contribution is -2.16. The summed E-state index contributed by atoms with van der Waals surface area (Å²) in [6, 6.07) is 0. The Bertz CT molecular complexity index is 107. The lowest BCUT2D eigenvalue weighted by molar-refractivity contribution is -0.0334. The topological polar surface area (TPSA) is 96.2 Å². The van der Waals surface area contributed by atoms with Crippen molar-refractivity contribution in [1.82, 2.24) is 0 Å². The molecule has 6 nitrogen and oxygen atoms in total. The summed E-state index contributed by atoms with van der Waals surface area (Å²) < 4.78 is 18.8. The van der Waals surface area contributed by atoms with Crippen molar-refractivity contribution in [2.75, 3.05) is 26.4 Å². The van der Waals surface area contributed by atoms with Crippen LogP contribution in [0.3, 0.4) is 0 Å². The Morgan fingerprint density at radius 3 is 1.18 bits per heavy atom. The second-order valence-corrected chi connectivity index (χ2v) is 2.76. The van der Waals surface area contributed by atoms with E-state index in [0.29, 0.717) is 0 Å². The molecule has 1 rings (SSSR count). The smallest absolute Gasteiger partial charge is 0.377 e. The van der Waals surface area contributed by atoms with E-state index in [0.717, 1.165) is 26.4 Å². The van der Waals surface area contributed by atoms with Gasteiger partial charge < -0.3 is 24.2 Å². The van der Waals surface area contributed by atoms with Gasteiger partial charge in [0.2, 0.25) is 0 Å². The van der Waals surface area contributed by atoms with E-state index >= 15 is 0 Å². The maximum absolute atomic E-state index is 8.88. The van der Waals surface area contributed by atoms with E-state index < -0.39 is 7.82 Å². The fraction of sp³-hybridized carbons (Fsp3) is 1.00. The molecule has 0 aromatic carbocycles. The maximum Gasteiger partial charge on any atom is 0.466 e. The van der Waals surface area contributed by atoms with Gasteiger partial charge in [0.25, 0.3) is 0 Å². The Kier molecular flexibility index (Phi) is 5.67. The summed E-state index contributed by atoms with van der Waals surface area (Å²) in [5.74, 6) is 0. The van der Waals surface area contributed by atoms with E-state index in [-0.39, 0.29) is 0 Å². The van der Waals surface area contributed by atoms with Crippen LogP contribution < -0.4 is 0 Å². The quantitative estimate of drug-likeness (QED) is 0.424. The molecule has 68 valence electrons. The lowest BCUT2D eigenvalue weighted by atomic mass is 10.6. The Morgan fingerprint density at radius 1 is 0.909 bits per heavy atom. The highest BCUT2D eigenvalue weighted by Gasteiger charge is 2.00. The summed E-state index contributed by atoms with van der Waals surface area (Å²) in [5, 5.41) is 0. The molecule has 0 atom stereocenters. The third-order valence-corrected chi connectivity index (χ3v) is 0.744. The van der Waals surface area contributed by atoms with Gasteiger partial charge in [-0.1, -0.05) is 0 Å². The first-order valence-corrected chi connectivity index (χ1v) is 4.50. The number of ether oxygens (including phenoxy) is 2. The Hall–Kier alpha value is 0.0300. The van der Waals surface area contributed by atoms with Crippen LogP contribution in [0.5, 0.6) is 0 Å². The molecule has 1 heterocycles. The van der Waals surface area contributed by atoms with Crippen LogP contribution in [-0.2, 0) is 14.0 Å². The van der Waals surface area contributed by atoms with Gasteiger partial charge in [-0.15, -0.1) is 0 Å². The average molecular weight is 186 g/mol. The molecule has 11 heavy (non-hydrogen) atoms. The van der Waals surface area contributed by atoms with Gasteiger partial charge in [0.15, 0.2) is 0 Å². The van der Waals surface area contributed by atoms with Crippen molar-refractivity contribution in [3.05, 3.63) is 0 Å². The molecule has 0 aliphatic carbocycles. The Morgan fingerprint density at radius 2 is 1.09 bits per heavy atom. The molecule has 1 aliphatic rings. The van der Waals surface area contributed by atoms with Crippen LogP contribution in [-0.4, -0.2) is 41.1 Å². The lowest BCUT2D eigenvalue weighted by Gasteiger charge is -2.09. The summed E-state index contributed by atoms with van der Waals surface area (Å²) in [6.45, 7) is 3.11. The largest absolute Gasteiger partial charge is 0.466 e. The van der Waals surface area contributed by atoms with Crippen LogP contribution in [0.25, 0.3) is 0 Å². The van der Waals surface area contributed by atoms with Gasteiger partial charge in [-0.25, -0.2) is 4.57 Å². The van der Waals surface area contributed by atoms with Crippen LogP contribution in [0.1, 0.15) is 0 Å². The van der Waals surface area contributed by atoms with E-state index in [2.05, 4.69) is 0 Å². The minimum Gasteiger partial charge on any atom is -0.377 e. The standard InChI is InChI=1S/C4H8O2.H3O4P/c1-2-6-4-3-5-1;1-5(2,3)4/h1-4H2;(H3,1,2,3,4). The summed E-state index contributed by atoms with van der Waals surface area (Å²) in [4.78, 5) is 21.6. The highest BCUT2D eigenvalue weighted by atomic mass is 31.2. The Balaban J connectivity index is 0.000000187. The molecule has 3 N–H and O–H groups in total. The summed E-state index contributed by atoms with van der Waals surface area (Å²) >= 11 is 0. The van der Waals surface area contributed by atoms with E-state index in [1.807, 2.05) is 0 Å². The highest BCUT2D eigenvalue weighted by molar-refractivity contribution is 7.45. The zero-order chi connectivity index (χ0) is 8.74. The van der Waals surface area contributed by atoms with Crippen LogP contribution in [0.15, 0.2) is 0 Å².